The molecule has 2 N–H and O–H groups in total. The fraction of sp³-hybridized carbons (Fsp3) is 0.900. The Balaban J connectivity index is 1.87. The lowest BCUT2D eigenvalue weighted by Gasteiger charge is -2.32. The minimum absolute atomic E-state index is 0.187. The van der Waals surface area contributed by atoms with Crippen LogP contribution in [0.2, 0.25) is 0 Å². The Labute approximate surface area is 84.4 Å². The lowest BCUT2D eigenvalue weighted by molar-refractivity contribution is -0.154. The number of hydrogen-bond acceptors (Lipinski definition) is 3. The van der Waals surface area contributed by atoms with Crippen LogP contribution in [0.3, 0.4) is 0 Å². The summed E-state index contributed by atoms with van der Waals surface area (Å²) in [5.41, 5.74) is 5.42. The molecule has 1 saturated heterocycles. The summed E-state index contributed by atoms with van der Waals surface area (Å²) in [4.78, 5) is 13.9. The van der Waals surface area contributed by atoms with Crippen molar-refractivity contribution in [3.05, 3.63) is 0 Å². The number of carbonyl (C=O) groups excluding carboxylic acids is 1. The summed E-state index contributed by atoms with van der Waals surface area (Å²) in [7, 11) is 0. The number of ether oxygens (including phenoxy) is 1. The number of nitrogens with zero attached hydrogens (tertiary/aromatic N) is 1. The molecule has 1 amide bonds. The molecule has 1 aliphatic heterocycles. The van der Waals surface area contributed by atoms with Gasteiger partial charge in [0.2, 0.25) is 0 Å². The van der Waals surface area contributed by atoms with Gasteiger partial charge in [0.25, 0.3) is 5.91 Å². The maximum absolute atomic E-state index is 11.9. The number of rotatable bonds is 4. The Bertz CT molecular complexity index is 216. The summed E-state index contributed by atoms with van der Waals surface area (Å²) in [6.07, 6.45) is 3.78. The Morgan fingerprint density at radius 2 is 2.29 bits per heavy atom. The average molecular weight is 198 g/mol. The third-order valence-corrected chi connectivity index (χ3v) is 2.87. The number of hydrogen-bond donors (Lipinski definition) is 1. The highest BCUT2D eigenvalue weighted by Crippen LogP contribution is 2.29. The molecule has 1 heterocycles. The highest BCUT2D eigenvalue weighted by atomic mass is 16.5. The summed E-state index contributed by atoms with van der Waals surface area (Å²) in [5, 5.41) is 0. The molecule has 1 saturated carbocycles. The first kappa shape index (κ1) is 9.93. The van der Waals surface area contributed by atoms with Gasteiger partial charge in [-0.25, -0.2) is 0 Å². The van der Waals surface area contributed by atoms with E-state index in [4.69, 9.17) is 10.5 Å². The van der Waals surface area contributed by atoms with E-state index in [1.807, 2.05) is 4.90 Å². The van der Waals surface area contributed by atoms with Crippen molar-refractivity contribution in [2.24, 2.45) is 5.73 Å². The number of carbonyl (C=O) groups is 1. The molecule has 0 radical (unpaired) electrons. The zero-order valence-electron chi connectivity index (χ0n) is 8.45. The molecule has 14 heavy (non-hydrogen) atoms. The molecule has 1 atom stereocenters. The van der Waals surface area contributed by atoms with Gasteiger partial charge in [0.15, 0.2) is 0 Å². The Hall–Kier alpha value is -0.610. The Morgan fingerprint density at radius 1 is 1.50 bits per heavy atom. The second-order valence-corrected chi connectivity index (χ2v) is 4.05. The first-order chi connectivity index (χ1) is 6.83. The minimum Gasteiger partial charge on any atom is -0.367 e. The summed E-state index contributed by atoms with van der Waals surface area (Å²) < 4.78 is 5.45. The van der Waals surface area contributed by atoms with Crippen molar-refractivity contribution < 1.29 is 9.53 Å². The van der Waals surface area contributed by atoms with Crippen molar-refractivity contribution in [1.29, 1.82) is 0 Å². The maximum atomic E-state index is 11.9. The lowest BCUT2D eigenvalue weighted by Crippen LogP contribution is -2.48. The van der Waals surface area contributed by atoms with Crippen LogP contribution in [0.5, 0.6) is 0 Å². The highest BCUT2D eigenvalue weighted by Gasteiger charge is 2.38. The number of morpholine rings is 1. The molecule has 0 aromatic rings. The van der Waals surface area contributed by atoms with Gasteiger partial charge in [-0.15, -0.1) is 0 Å². The van der Waals surface area contributed by atoms with Gasteiger partial charge < -0.3 is 15.4 Å². The molecule has 4 nitrogen and oxygen atoms in total. The van der Waals surface area contributed by atoms with Crippen molar-refractivity contribution in [2.45, 2.75) is 37.8 Å². The van der Waals surface area contributed by atoms with Crippen LogP contribution in [0.15, 0.2) is 0 Å². The van der Waals surface area contributed by atoms with Gasteiger partial charge in [-0.2, -0.15) is 0 Å². The van der Waals surface area contributed by atoms with Gasteiger partial charge >= 0.3 is 0 Å². The summed E-state index contributed by atoms with van der Waals surface area (Å²) in [5.74, 6) is 0.187. The molecule has 0 bridgehead atoms. The van der Waals surface area contributed by atoms with E-state index in [1.165, 1.54) is 12.8 Å². The highest BCUT2D eigenvalue weighted by molar-refractivity contribution is 5.82. The smallest absolute Gasteiger partial charge is 0.252 e. The predicted octanol–water partition coefficient (Wildman–Crippen LogP) is 0.115. The van der Waals surface area contributed by atoms with E-state index in [9.17, 15) is 4.79 Å². The first-order valence-electron chi connectivity index (χ1n) is 5.45. The third kappa shape index (κ3) is 2.07. The SMILES string of the molecule is NCCCC1OCCN(C2CC2)C1=O. The molecule has 4 heteroatoms. The van der Waals surface area contributed by atoms with Gasteiger partial charge in [-0.05, 0) is 32.2 Å². The molecule has 0 aromatic carbocycles. The molecule has 0 spiro atoms. The van der Waals surface area contributed by atoms with Crippen LogP contribution < -0.4 is 5.73 Å². The van der Waals surface area contributed by atoms with Crippen LogP contribution in [0.1, 0.15) is 25.7 Å². The quantitative estimate of drug-likeness (QED) is 0.698. The van der Waals surface area contributed by atoms with Crippen molar-refractivity contribution in [1.82, 2.24) is 4.90 Å². The van der Waals surface area contributed by atoms with Crippen LogP contribution >= 0.6 is 0 Å². The van der Waals surface area contributed by atoms with Gasteiger partial charge in [0, 0.05) is 12.6 Å². The Morgan fingerprint density at radius 3 is 2.93 bits per heavy atom. The first-order valence-corrected chi connectivity index (χ1v) is 5.45. The van der Waals surface area contributed by atoms with E-state index in [0.29, 0.717) is 19.2 Å². The second-order valence-electron chi connectivity index (χ2n) is 4.05. The van der Waals surface area contributed by atoms with Crippen molar-refractivity contribution in [3.8, 4) is 0 Å². The normalized spacial score (nSPS) is 28.2. The largest absolute Gasteiger partial charge is 0.367 e. The van der Waals surface area contributed by atoms with E-state index in [0.717, 1.165) is 19.4 Å². The number of nitrogens with two attached hydrogens (primary N) is 1. The van der Waals surface area contributed by atoms with Crippen LogP contribution in [0.4, 0.5) is 0 Å². The molecule has 0 aromatic heterocycles. The van der Waals surface area contributed by atoms with E-state index < -0.39 is 0 Å². The molecular weight excluding hydrogens is 180 g/mol. The van der Waals surface area contributed by atoms with Crippen LogP contribution in [0.25, 0.3) is 0 Å². The van der Waals surface area contributed by atoms with Gasteiger partial charge in [-0.3, -0.25) is 4.79 Å². The van der Waals surface area contributed by atoms with E-state index >= 15 is 0 Å². The van der Waals surface area contributed by atoms with Crippen molar-refractivity contribution >= 4 is 5.91 Å². The summed E-state index contributed by atoms with van der Waals surface area (Å²) in [6.45, 7) is 2.11. The van der Waals surface area contributed by atoms with E-state index in [2.05, 4.69) is 0 Å². The topological polar surface area (TPSA) is 55.6 Å². The monoisotopic (exact) mass is 198 g/mol. The lowest BCUT2D eigenvalue weighted by atomic mass is 10.1. The van der Waals surface area contributed by atoms with Crippen LogP contribution in [-0.2, 0) is 9.53 Å². The predicted molar refractivity (Wildman–Crippen MR) is 52.8 cm³/mol. The fourth-order valence-corrected chi connectivity index (χ4v) is 1.92. The van der Waals surface area contributed by atoms with Crippen molar-refractivity contribution in [2.75, 3.05) is 19.7 Å². The molecule has 2 aliphatic rings. The zero-order valence-corrected chi connectivity index (χ0v) is 8.45. The summed E-state index contributed by atoms with van der Waals surface area (Å²) in [6, 6.07) is 0.520. The average Bonchev–Trinajstić information content (AvgIpc) is 3.00. The molecule has 1 unspecified atom stereocenters. The number of amides is 1. The Kier molecular flexibility index (Phi) is 3.03. The van der Waals surface area contributed by atoms with Gasteiger partial charge in [0.05, 0.1) is 6.61 Å². The molecule has 2 rings (SSSR count). The molecule has 1 aliphatic carbocycles. The molecule has 2 fully saturated rings. The third-order valence-electron chi connectivity index (χ3n) is 2.87. The molecular formula is C10H18N2O2. The van der Waals surface area contributed by atoms with E-state index in [-0.39, 0.29) is 12.0 Å². The zero-order chi connectivity index (χ0) is 9.97. The van der Waals surface area contributed by atoms with Gasteiger partial charge in [-0.1, -0.05) is 0 Å². The minimum atomic E-state index is -0.215. The van der Waals surface area contributed by atoms with Crippen LogP contribution in [-0.4, -0.2) is 42.6 Å². The van der Waals surface area contributed by atoms with E-state index in [1.54, 1.807) is 0 Å². The van der Waals surface area contributed by atoms with Gasteiger partial charge in [0.1, 0.15) is 6.10 Å². The maximum Gasteiger partial charge on any atom is 0.252 e. The fourth-order valence-electron chi connectivity index (χ4n) is 1.92. The van der Waals surface area contributed by atoms with Crippen molar-refractivity contribution in [3.63, 3.8) is 0 Å². The van der Waals surface area contributed by atoms with Crippen LogP contribution in [0, 0.1) is 0 Å². The standard InChI is InChI=1S/C10H18N2O2/c11-5-1-2-9-10(13)12(6-7-14-9)8-3-4-8/h8-9H,1-7,11H2. The summed E-state index contributed by atoms with van der Waals surface area (Å²) >= 11 is 0. The second kappa shape index (κ2) is 4.28. The molecule has 80 valence electrons.